The number of halogens is 1. The molecule has 0 aliphatic heterocycles. The fraction of sp³-hybridized carbons (Fsp3) is 0.0909. The van der Waals surface area contributed by atoms with E-state index in [9.17, 15) is 4.79 Å². The molecule has 4 nitrogen and oxygen atoms in total. The Hall–Kier alpha value is -1.62. The standard InChI is InChI=1S/C11H9BrN2O2/c1-16-10-3-2-7(12)4-8(10)11-9(5-15)13-6-14-11/h2-6H,1H3,(H,13,14). The number of methoxy groups -OCH3 is 1. The molecule has 0 spiro atoms. The number of carbonyl (C=O) groups excluding carboxylic acids is 1. The highest BCUT2D eigenvalue weighted by Gasteiger charge is 2.12. The van der Waals surface area contributed by atoms with Crippen molar-refractivity contribution < 1.29 is 9.53 Å². The Morgan fingerprint density at radius 1 is 1.50 bits per heavy atom. The molecule has 1 aromatic heterocycles. The first-order valence-electron chi connectivity index (χ1n) is 4.58. The maximum atomic E-state index is 10.8. The summed E-state index contributed by atoms with van der Waals surface area (Å²) in [4.78, 5) is 17.7. The lowest BCUT2D eigenvalue weighted by atomic mass is 10.1. The van der Waals surface area contributed by atoms with Gasteiger partial charge in [-0.25, -0.2) is 4.98 Å². The van der Waals surface area contributed by atoms with E-state index in [2.05, 4.69) is 25.9 Å². The first kappa shape index (κ1) is 10.9. The second-order valence-corrected chi connectivity index (χ2v) is 4.04. The first-order chi connectivity index (χ1) is 7.76. The van der Waals surface area contributed by atoms with Gasteiger partial charge in [-0.2, -0.15) is 0 Å². The average Bonchev–Trinajstić information content (AvgIpc) is 2.76. The summed E-state index contributed by atoms with van der Waals surface area (Å²) < 4.78 is 6.14. The van der Waals surface area contributed by atoms with E-state index in [0.717, 1.165) is 16.3 Å². The van der Waals surface area contributed by atoms with Gasteiger partial charge in [0.25, 0.3) is 0 Å². The van der Waals surface area contributed by atoms with Gasteiger partial charge in [0.1, 0.15) is 17.1 Å². The Labute approximate surface area is 101 Å². The summed E-state index contributed by atoms with van der Waals surface area (Å²) in [5.41, 5.74) is 1.81. The molecule has 0 unspecified atom stereocenters. The fourth-order valence-electron chi connectivity index (χ4n) is 1.47. The molecule has 0 aliphatic rings. The number of nitrogens with one attached hydrogen (secondary N) is 1. The summed E-state index contributed by atoms with van der Waals surface area (Å²) in [6.45, 7) is 0. The van der Waals surface area contributed by atoms with E-state index in [4.69, 9.17) is 4.74 Å². The third-order valence-corrected chi connectivity index (χ3v) is 2.70. The Kier molecular flexibility index (Phi) is 3.05. The number of hydrogen-bond donors (Lipinski definition) is 1. The summed E-state index contributed by atoms with van der Waals surface area (Å²) in [5, 5.41) is 0. The van der Waals surface area contributed by atoms with Crippen LogP contribution in [0, 0.1) is 0 Å². The van der Waals surface area contributed by atoms with Crippen LogP contribution in [0.4, 0.5) is 0 Å². The fourth-order valence-corrected chi connectivity index (χ4v) is 1.84. The van der Waals surface area contributed by atoms with Gasteiger partial charge in [0, 0.05) is 10.0 Å². The minimum atomic E-state index is 0.441. The predicted octanol–water partition coefficient (Wildman–Crippen LogP) is 2.66. The van der Waals surface area contributed by atoms with Crippen LogP contribution in [-0.2, 0) is 0 Å². The molecular formula is C11H9BrN2O2. The molecule has 5 heteroatoms. The third-order valence-electron chi connectivity index (χ3n) is 2.20. The molecule has 2 aromatic rings. The van der Waals surface area contributed by atoms with Gasteiger partial charge in [-0.05, 0) is 18.2 Å². The van der Waals surface area contributed by atoms with E-state index in [1.165, 1.54) is 6.33 Å². The van der Waals surface area contributed by atoms with Gasteiger partial charge in [-0.15, -0.1) is 0 Å². The number of hydrogen-bond acceptors (Lipinski definition) is 3. The molecule has 1 heterocycles. The van der Waals surface area contributed by atoms with Crippen LogP contribution in [0.1, 0.15) is 10.5 Å². The van der Waals surface area contributed by atoms with E-state index in [1.807, 2.05) is 18.2 Å². The lowest BCUT2D eigenvalue weighted by Crippen LogP contribution is -1.91. The number of aromatic nitrogens is 2. The lowest BCUT2D eigenvalue weighted by Gasteiger charge is -2.07. The number of H-pyrrole nitrogens is 1. The summed E-state index contributed by atoms with van der Waals surface area (Å²) in [6.07, 6.45) is 2.22. The Morgan fingerprint density at radius 3 is 3.00 bits per heavy atom. The van der Waals surface area contributed by atoms with Gasteiger partial charge >= 0.3 is 0 Å². The lowest BCUT2D eigenvalue weighted by molar-refractivity contribution is 0.112. The Bertz CT molecular complexity index is 522. The van der Waals surface area contributed by atoms with Crippen molar-refractivity contribution in [1.29, 1.82) is 0 Å². The average molecular weight is 281 g/mol. The van der Waals surface area contributed by atoms with Crippen molar-refractivity contribution in [1.82, 2.24) is 9.97 Å². The molecule has 1 N–H and O–H groups in total. The smallest absolute Gasteiger partial charge is 0.168 e. The van der Waals surface area contributed by atoms with E-state index in [1.54, 1.807) is 7.11 Å². The van der Waals surface area contributed by atoms with Crippen molar-refractivity contribution in [3.8, 4) is 17.0 Å². The molecular weight excluding hydrogens is 272 g/mol. The number of ether oxygens (including phenoxy) is 1. The van der Waals surface area contributed by atoms with Gasteiger partial charge < -0.3 is 9.72 Å². The van der Waals surface area contributed by atoms with E-state index in [0.29, 0.717) is 17.1 Å². The highest BCUT2D eigenvalue weighted by atomic mass is 79.9. The molecule has 0 saturated carbocycles. The second-order valence-electron chi connectivity index (χ2n) is 3.13. The maximum Gasteiger partial charge on any atom is 0.168 e. The van der Waals surface area contributed by atoms with Crippen LogP contribution in [0.2, 0.25) is 0 Å². The van der Waals surface area contributed by atoms with Crippen molar-refractivity contribution >= 4 is 22.2 Å². The van der Waals surface area contributed by atoms with E-state index >= 15 is 0 Å². The third kappa shape index (κ3) is 1.86. The summed E-state index contributed by atoms with van der Waals surface area (Å²) in [6, 6.07) is 5.56. The molecule has 16 heavy (non-hydrogen) atoms. The monoisotopic (exact) mass is 280 g/mol. The van der Waals surface area contributed by atoms with Crippen LogP contribution in [0.5, 0.6) is 5.75 Å². The van der Waals surface area contributed by atoms with E-state index in [-0.39, 0.29) is 0 Å². The molecule has 0 amide bonds. The maximum absolute atomic E-state index is 10.8. The van der Waals surface area contributed by atoms with Crippen LogP contribution >= 0.6 is 15.9 Å². The highest BCUT2D eigenvalue weighted by Crippen LogP contribution is 2.32. The largest absolute Gasteiger partial charge is 0.496 e. The minimum absolute atomic E-state index is 0.441. The number of imidazole rings is 1. The topological polar surface area (TPSA) is 55.0 Å². The number of aldehydes is 1. The van der Waals surface area contributed by atoms with Gasteiger partial charge in [-0.3, -0.25) is 4.79 Å². The summed E-state index contributed by atoms with van der Waals surface area (Å²) in [7, 11) is 1.58. The number of carbonyl (C=O) groups is 1. The normalized spacial score (nSPS) is 10.1. The SMILES string of the molecule is COc1ccc(Br)cc1-c1nc[nH]c1C=O. The number of nitrogens with zero attached hydrogens (tertiary/aromatic N) is 1. The Morgan fingerprint density at radius 2 is 2.31 bits per heavy atom. The van der Waals surface area contributed by atoms with Crippen molar-refractivity contribution in [2.75, 3.05) is 7.11 Å². The van der Waals surface area contributed by atoms with Gasteiger partial charge in [0.05, 0.1) is 13.4 Å². The first-order valence-corrected chi connectivity index (χ1v) is 5.38. The van der Waals surface area contributed by atoms with Crippen LogP contribution in [-0.4, -0.2) is 23.4 Å². The molecule has 0 radical (unpaired) electrons. The van der Waals surface area contributed by atoms with Crippen LogP contribution in [0.3, 0.4) is 0 Å². The van der Waals surface area contributed by atoms with Crippen LogP contribution in [0.15, 0.2) is 29.0 Å². The van der Waals surface area contributed by atoms with Crippen molar-refractivity contribution in [3.63, 3.8) is 0 Å². The molecule has 0 bridgehead atoms. The summed E-state index contributed by atoms with van der Waals surface area (Å²) >= 11 is 3.38. The molecule has 2 rings (SSSR count). The van der Waals surface area contributed by atoms with Crippen molar-refractivity contribution in [3.05, 3.63) is 34.7 Å². The zero-order chi connectivity index (χ0) is 11.5. The molecule has 0 atom stereocenters. The van der Waals surface area contributed by atoms with Gasteiger partial charge in [0.15, 0.2) is 6.29 Å². The Balaban J connectivity index is 2.62. The predicted molar refractivity (Wildman–Crippen MR) is 63.7 cm³/mol. The summed E-state index contributed by atoms with van der Waals surface area (Å²) in [5.74, 6) is 0.679. The van der Waals surface area contributed by atoms with Crippen molar-refractivity contribution in [2.45, 2.75) is 0 Å². The molecule has 0 fully saturated rings. The number of aromatic amines is 1. The molecule has 82 valence electrons. The van der Waals surface area contributed by atoms with Crippen LogP contribution < -0.4 is 4.74 Å². The second kappa shape index (κ2) is 4.49. The molecule has 0 saturated heterocycles. The highest BCUT2D eigenvalue weighted by molar-refractivity contribution is 9.10. The molecule has 1 aromatic carbocycles. The molecule has 0 aliphatic carbocycles. The number of rotatable bonds is 3. The van der Waals surface area contributed by atoms with E-state index < -0.39 is 0 Å². The van der Waals surface area contributed by atoms with Crippen molar-refractivity contribution in [2.24, 2.45) is 0 Å². The zero-order valence-corrected chi connectivity index (χ0v) is 10.1. The van der Waals surface area contributed by atoms with Gasteiger partial charge in [-0.1, -0.05) is 15.9 Å². The zero-order valence-electron chi connectivity index (χ0n) is 8.53. The van der Waals surface area contributed by atoms with Crippen LogP contribution in [0.25, 0.3) is 11.3 Å². The quantitative estimate of drug-likeness (QED) is 0.880. The minimum Gasteiger partial charge on any atom is -0.496 e. The number of benzene rings is 1. The van der Waals surface area contributed by atoms with Gasteiger partial charge in [0.2, 0.25) is 0 Å².